The van der Waals surface area contributed by atoms with Crippen LogP contribution < -0.4 is 15.4 Å². The van der Waals surface area contributed by atoms with Crippen LogP contribution in [-0.4, -0.2) is 40.5 Å². The van der Waals surface area contributed by atoms with Crippen LogP contribution in [0.25, 0.3) is 0 Å². The lowest BCUT2D eigenvalue weighted by Crippen LogP contribution is -2.45. The third-order valence-corrected chi connectivity index (χ3v) is 4.26. The number of amides is 1. The predicted octanol–water partition coefficient (Wildman–Crippen LogP) is -0.330. The fourth-order valence-corrected chi connectivity index (χ4v) is 2.57. The maximum atomic E-state index is 11.9. The van der Waals surface area contributed by atoms with Crippen molar-refractivity contribution in [3.8, 4) is 0 Å². The van der Waals surface area contributed by atoms with Gasteiger partial charge in [0.1, 0.15) is 0 Å². The van der Waals surface area contributed by atoms with Crippen LogP contribution in [0.4, 0.5) is 0 Å². The van der Waals surface area contributed by atoms with Crippen LogP contribution in [0.1, 0.15) is 23.4 Å². The highest BCUT2D eigenvalue weighted by Gasteiger charge is 2.22. The van der Waals surface area contributed by atoms with Crippen molar-refractivity contribution >= 4 is 15.9 Å². The van der Waals surface area contributed by atoms with Gasteiger partial charge in [0, 0.05) is 12.6 Å². The zero-order chi connectivity index (χ0) is 13.9. The Kier molecular flexibility index (Phi) is 4.23. The molecule has 1 aliphatic rings. The number of hydrogen-bond acceptors (Lipinski definition) is 5. The summed E-state index contributed by atoms with van der Waals surface area (Å²) in [5.41, 5.74) is 0. The highest BCUT2D eigenvalue weighted by atomic mass is 32.2. The van der Waals surface area contributed by atoms with E-state index in [1.54, 1.807) is 0 Å². The first-order valence-electron chi connectivity index (χ1n) is 6.08. The molecule has 0 aromatic carbocycles. The van der Waals surface area contributed by atoms with E-state index in [1.165, 1.54) is 19.2 Å². The Balaban J connectivity index is 2.04. The molecule has 1 aliphatic heterocycles. The van der Waals surface area contributed by atoms with Gasteiger partial charge in [-0.15, -0.1) is 0 Å². The van der Waals surface area contributed by atoms with E-state index in [-0.39, 0.29) is 16.9 Å². The fourth-order valence-electron chi connectivity index (χ4n) is 1.92. The van der Waals surface area contributed by atoms with Crippen molar-refractivity contribution in [2.75, 3.05) is 20.1 Å². The summed E-state index contributed by atoms with van der Waals surface area (Å²) in [6, 6.07) is 2.67. The lowest BCUT2D eigenvalue weighted by molar-refractivity contribution is 0.0897. The molecule has 0 bridgehead atoms. The molecule has 1 atom stereocenters. The molecule has 0 saturated carbocycles. The Morgan fingerprint density at radius 2 is 2.26 bits per heavy atom. The maximum absolute atomic E-state index is 11.9. The SMILES string of the molecule is CNS(=O)(=O)c1ccc(C(=O)NC2CCCNC2)o1. The van der Waals surface area contributed by atoms with Gasteiger partial charge in [-0.1, -0.05) is 0 Å². The van der Waals surface area contributed by atoms with Crippen molar-refractivity contribution in [2.45, 2.75) is 24.0 Å². The molecule has 1 amide bonds. The molecule has 19 heavy (non-hydrogen) atoms. The Morgan fingerprint density at radius 1 is 1.47 bits per heavy atom. The van der Waals surface area contributed by atoms with Gasteiger partial charge in [0.25, 0.3) is 15.9 Å². The number of carbonyl (C=O) groups is 1. The van der Waals surface area contributed by atoms with Crippen LogP contribution in [0.5, 0.6) is 0 Å². The first kappa shape index (κ1) is 14.0. The third-order valence-electron chi connectivity index (χ3n) is 2.97. The second kappa shape index (κ2) is 5.72. The number of furan rings is 1. The molecule has 2 rings (SSSR count). The smallest absolute Gasteiger partial charge is 0.287 e. The van der Waals surface area contributed by atoms with Gasteiger partial charge in [-0.2, -0.15) is 0 Å². The topological polar surface area (TPSA) is 100 Å². The number of hydrogen-bond donors (Lipinski definition) is 3. The van der Waals surface area contributed by atoms with Crippen molar-refractivity contribution in [2.24, 2.45) is 0 Å². The van der Waals surface area contributed by atoms with Crippen LogP contribution in [0.15, 0.2) is 21.6 Å². The number of sulfonamides is 1. The average molecular weight is 287 g/mol. The normalized spacial score (nSPS) is 20.2. The van der Waals surface area contributed by atoms with Gasteiger partial charge in [0.2, 0.25) is 5.09 Å². The molecule has 1 aromatic rings. The summed E-state index contributed by atoms with van der Waals surface area (Å²) in [6.07, 6.45) is 1.91. The van der Waals surface area contributed by atoms with E-state index in [0.29, 0.717) is 6.54 Å². The van der Waals surface area contributed by atoms with Crippen LogP contribution in [0.2, 0.25) is 0 Å². The Labute approximate surface area is 111 Å². The number of nitrogens with one attached hydrogen (secondary N) is 3. The van der Waals surface area contributed by atoms with Gasteiger partial charge in [-0.25, -0.2) is 13.1 Å². The third kappa shape index (κ3) is 3.34. The highest BCUT2D eigenvalue weighted by molar-refractivity contribution is 7.89. The van der Waals surface area contributed by atoms with Crippen molar-refractivity contribution in [1.82, 2.24) is 15.4 Å². The summed E-state index contributed by atoms with van der Waals surface area (Å²) in [5, 5.41) is 5.72. The van der Waals surface area contributed by atoms with Crippen molar-refractivity contribution in [3.63, 3.8) is 0 Å². The quantitative estimate of drug-likeness (QED) is 0.704. The van der Waals surface area contributed by atoms with Gasteiger partial charge in [-0.3, -0.25) is 4.79 Å². The van der Waals surface area contributed by atoms with E-state index >= 15 is 0 Å². The Morgan fingerprint density at radius 3 is 2.89 bits per heavy atom. The van der Waals surface area contributed by atoms with Crippen LogP contribution in [-0.2, 0) is 10.0 Å². The highest BCUT2D eigenvalue weighted by Crippen LogP contribution is 2.14. The van der Waals surface area contributed by atoms with E-state index < -0.39 is 15.9 Å². The van der Waals surface area contributed by atoms with E-state index in [0.717, 1.165) is 19.4 Å². The molecule has 1 saturated heterocycles. The summed E-state index contributed by atoms with van der Waals surface area (Å²) in [5.74, 6) is -0.398. The Hall–Kier alpha value is -1.38. The van der Waals surface area contributed by atoms with Gasteiger partial charge < -0.3 is 15.1 Å². The molecule has 1 unspecified atom stereocenters. The molecular formula is C11H17N3O4S. The fraction of sp³-hybridized carbons (Fsp3) is 0.545. The largest absolute Gasteiger partial charge is 0.438 e. The molecule has 7 nitrogen and oxygen atoms in total. The minimum Gasteiger partial charge on any atom is -0.438 e. The minimum absolute atomic E-state index is 0.000557. The van der Waals surface area contributed by atoms with Gasteiger partial charge in [0.15, 0.2) is 5.76 Å². The standard InChI is InChI=1S/C11H17N3O4S/c1-12-19(16,17)10-5-4-9(18-10)11(15)14-8-3-2-6-13-7-8/h4-5,8,12-13H,2-3,6-7H2,1H3,(H,14,15). The van der Waals surface area contributed by atoms with Gasteiger partial charge in [0.05, 0.1) is 0 Å². The summed E-state index contributed by atoms with van der Waals surface area (Å²) in [4.78, 5) is 11.9. The van der Waals surface area contributed by atoms with Crippen LogP contribution >= 0.6 is 0 Å². The Bertz CT molecular complexity index is 546. The predicted molar refractivity (Wildman–Crippen MR) is 68.3 cm³/mol. The molecule has 8 heteroatoms. The first-order chi connectivity index (χ1) is 9.03. The lowest BCUT2D eigenvalue weighted by atomic mass is 10.1. The lowest BCUT2D eigenvalue weighted by Gasteiger charge is -2.23. The average Bonchev–Trinajstić information content (AvgIpc) is 2.90. The van der Waals surface area contributed by atoms with Gasteiger partial charge in [-0.05, 0) is 38.6 Å². The second-order valence-corrected chi connectivity index (χ2v) is 6.16. The summed E-state index contributed by atoms with van der Waals surface area (Å²) in [7, 11) is -2.37. The zero-order valence-electron chi connectivity index (χ0n) is 10.6. The summed E-state index contributed by atoms with van der Waals surface area (Å²) < 4.78 is 30.1. The number of rotatable bonds is 4. The maximum Gasteiger partial charge on any atom is 0.287 e. The van der Waals surface area contributed by atoms with Crippen LogP contribution in [0, 0.1) is 0 Å². The first-order valence-corrected chi connectivity index (χ1v) is 7.56. The monoisotopic (exact) mass is 287 g/mol. The summed E-state index contributed by atoms with van der Waals surface area (Å²) >= 11 is 0. The molecule has 0 spiro atoms. The van der Waals surface area contributed by atoms with Crippen LogP contribution in [0.3, 0.4) is 0 Å². The molecule has 106 valence electrons. The van der Waals surface area contributed by atoms with Crippen molar-refractivity contribution in [1.29, 1.82) is 0 Å². The van der Waals surface area contributed by atoms with Crippen molar-refractivity contribution < 1.29 is 17.6 Å². The van der Waals surface area contributed by atoms with E-state index in [4.69, 9.17) is 4.42 Å². The second-order valence-electron chi connectivity index (χ2n) is 4.34. The summed E-state index contributed by atoms with van der Waals surface area (Å²) in [6.45, 7) is 1.67. The molecular weight excluding hydrogens is 270 g/mol. The van der Waals surface area contributed by atoms with E-state index in [9.17, 15) is 13.2 Å². The van der Waals surface area contributed by atoms with Gasteiger partial charge >= 0.3 is 0 Å². The molecule has 1 fully saturated rings. The molecule has 1 aromatic heterocycles. The number of carbonyl (C=O) groups excluding carboxylic acids is 1. The molecule has 3 N–H and O–H groups in total. The minimum atomic E-state index is -3.65. The molecule has 0 aliphatic carbocycles. The molecule has 0 radical (unpaired) electrons. The number of piperidine rings is 1. The molecule has 2 heterocycles. The van der Waals surface area contributed by atoms with E-state index in [2.05, 4.69) is 15.4 Å². The van der Waals surface area contributed by atoms with E-state index in [1.807, 2.05) is 0 Å². The zero-order valence-corrected chi connectivity index (χ0v) is 11.4. The van der Waals surface area contributed by atoms with Crippen molar-refractivity contribution in [3.05, 3.63) is 17.9 Å².